The molecular formula is C24H29N3O2. The number of rotatable bonds is 5. The highest BCUT2D eigenvalue weighted by molar-refractivity contribution is 6.04. The molecule has 5 nitrogen and oxygen atoms in total. The zero-order chi connectivity index (χ0) is 20.4. The third-order valence-electron chi connectivity index (χ3n) is 5.85. The Bertz CT molecular complexity index is 862. The van der Waals surface area contributed by atoms with E-state index in [4.69, 9.17) is 0 Å². The molecule has 0 spiro atoms. The molecule has 1 saturated carbocycles. The Labute approximate surface area is 172 Å². The van der Waals surface area contributed by atoms with Crippen LogP contribution in [0.3, 0.4) is 0 Å². The predicted octanol–water partition coefficient (Wildman–Crippen LogP) is 4.12. The number of nitrogens with zero attached hydrogens (tertiary/aromatic N) is 2. The molecule has 0 radical (unpaired) electrons. The summed E-state index contributed by atoms with van der Waals surface area (Å²) in [4.78, 5) is 29.0. The fourth-order valence-electron chi connectivity index (χ4n) is 3.75. The fraction of sp³-hybridized carbons (Fsp3) is 0.417. The molecule has 0 aromatic heterocycles. The first-order valence-electron chi connectivity index (χ1n) is 10.6. The summed E-state index contributed by atoms with van der Waals surface area (Å²) < 4.78 is 0. The van der Waals surface area contributed by atoms with Crippen LogP contribution in [0.5, 0.6) is 0 Å². The number of carbonyl (C=O) groups excluding carboxylic acids is 2. The zero-order valence-corrected chi connectivity index (χ0v) is 17.2. The summed E-state index contributed by atoms with van der Waals surface area (Å²) in [6.07, 6.45) is 2.12. The third-order valence-corrected chi connectivity index (χ3v) is 5.85. The van der Waals surface area contributed by atoms with E-state index in [-0.39, 0.29) is 5.91 Å². The number of hydrogen-bond donors (Lipinski definition) is 1. The summed E-state index contributed by atoms with van der Waals surface area (Å²) in [6.45, 7) is 7.55. The van der Waals surface area contributed by atoms with Crippen LogP contribution in [0, 0.1) is 5.92 Å². The van der Waals surface area contributed by atoms with E-state index in [0.29, 0.717) is 23.3 Å². The second kappa shape index (κ2) is 8.27. The van der Waals surface area contributed by atoms with Gasteiger partial charge in [-0.25, -0.2) is 0 Å². The number of piperazine rings is 1. The molecule has 2 aromatic rings. The molecule has 2 amide bonds. The zero-order valence-electron chi connectivity index (χ0n) is 17.2. The van der Waals surface area contributed by atoms with Gasteiger partial charge >= 0.3 is 0 Å². The van der Waals surface area contributed by atoms with Crippen LogP contribution in [0.25, 0.3) is 0 Å². The van der Waals surface area contributed by atoms with Crippen molar-refractivity contribution in [3.63, 3.8) is 0 Å². The van der Waals surface area contributed by atoms with Gasteiger partial charge in [-0.15, -0.1) is 0 Å². The van der Waals surface area contributed by atoms with Gasteiger partial charge in [-0.05, 0) is 60.7 Å². The van der Waals surface area contributed by atoms with Gasteiger partial charge < -0.3 is 15.1 Å². The molecule has 1 aliphatic carbocycles. The summed E-state index contributed by atoms with van der Waals surface area (Å²) in [5.74, 6) is 0.994. The molecule has 152 valence electrons. The molecule has 2 aliphatic rings. The van der Waals surface area contributed by atoms with E-state index in [2.05, 4.69) is 36.2 Å². The monoisotopic (exact) mass is 391 g/mol. The molecule has 0 bridgehead atoms. The molecule has 29 heavy (non-hydrogen) atoms. The predicted molar refractivity (Wildman–Crippen MR) is 116 cm³/mol. The van der Waals surface area contributed by atoms with Crippen molar-refractivity contribution in [3.8, 4) is 0 Å². The Morgan fingerprint density at radius 1 is 0.897 bits per heavy atom. The molecule has 2 aromatic carbocycles. The second-order valence-corrected chi connectivity index (χ2v) is 8.36. The van der Waals surface area contributed by atoms with Crippen LogP contribution >= 0.6 is 0 Å². The Morgan fingerprint density at radius 2 is 1.52 bits per heavy atom. The third kappa shape index (κ3) is 4.61. The maximum Gasteiger partial charge on any atom is 0.255 e. The van der Waals surface area contributed by atoms with E-state index in [1.54, 1.807) is 0 Å². The Balaban J connectivity index is 1.32. The van der Waals surface area contributed by atoms with Crippen molar-refractivity contribution < 1.29 is 9.59 Å². The topological polar surface area (TPSA) is 52.7 Å². The Morgan fingerprint density at radius 3 is 2.07 bits per heavy atom. The number of benzene rings is 2. The minimum atomic E-state index is -0.103. The molecule has 0 atom stereocenters. The van der Waals surface area contributed by atoms with E-state index in [9.17, 15) is 9.59 Å². The van der Waals surface area contributed by atoms with Gasteiger partial charge in [0.15, 0.2) is 0 Å². The second-order valence-electron chi connectivity index (χ2n) is 8.36. The number of amides is 2. The molecule has 1 heterocycles. The van der Waals surface area contributed by atoms with E-state index in [1.165, 1.54) is 5.56 Å². The highest BCUT2D eigenvalue weighted by Crippen LogP contribution is 2.31. The van der Waals surface area contributed by atoms with Crippen LogP contribution in [0.15, 0.2) is 48.5 Å². The van der Waals surface area contributed by atoms with Gasteiger partial charge in [0, 0.05) is 49.0 Å². The van der Waals surface area contributed by atoms with Gasteiger partial charge in [0.2, 0.25) is 5.91 Å². The first-order valence-corrected chi connectivity index (χ1v) is 10.6. The lowest BCUT2D eigenvalue weighted by Gasteiger charge is -2.36. The lowest BCUT2D eigenvalue weighted by atomic mass is 10.0. The molecule has 1 saturated heterocycles. The van der Waals surface area contributed by atoms with Gasteiger partial charge in [-0.2, -0.15) is 0 Å². The highest BCUT2D eigenvalue weighted by Gasteiger charge is 2.34. The Kier molecular flexibility index (Phi) is 5.56. The average molecular weight is 392 g/mol. The van der Waals surface area contributed by atoms with Crippen molar-refractivity contribution in [1.82, 2.24) is 4.90 Å². The highest BCUT2D eigenvalue weighted by atomic mass is 16.2. The van der Waals surface area contributed by atoms with Crippen LogP contribution in [-0.2, 0) is 4.79 Å². The van der Waals surface area contributed by atoms with Crippen molar-refractivity contribution >= 4 is 23.2 Å². The van der Waals surface area contributed by atoms with E-state index < -0.39 is 0 Å². The van der Waals surface area contributed by atoms with Crippen LogP contribution in [0.2, 0.25) is 0 Å². The number of nitrogens with one attached hydrogen (secondary N) is 1. The summed E-state index contributed by atoms with van der Waals surface area (Å²) in [7, 11) is 0. The molecule has 2 fully saturated rings. The number of hydrogen-bond acceptors (Lipinski definition) is 3. The van der Waals surface area contributed by atoms with Gasteiger partial charge in [-0.3, -0.25) is 9.59 Å². The largest absolute Gasteiger partial charge is 0.368 e. The number of carbonyl (C=O) groups is 2. The van der Waals surface area contributed by atoms with Crippen molar-refractivity contribution in [2.45, 2.75) is 32.6 Å². The molecule has 0 unspecified atom stereocenters. The van der Waals surface area contributed by atoms with Crippen molar-refractivity contribution in [2.24, 2.45) is 5.92 Å². The normalized spacial score (nSPS) is 16.8. The minimum absolute atomic E-state index is 0.103. The van der Waals surface area contributed by atoms with E-state index in [1.807, 2.05) is 41.3 Å². The van der Waals surface area contributed by atoms with Crippen LogP contribution < -0.4 is 10.2 Å². The Hall–Kier alpha value is -2.82. The quantitative estimate of drug-likeness (QED) is 0.834. The van der Waals surface area contributed by atoms with E-state index in [0.717, 1.165) is 50.4 Å². The maximum absolute atomic E-state index is 12.5. The summed E-state index contributed by atoms with van der Waals surface area (Å²) >= 11 is 0. The SMILES string of the molecule is CC(C)c1ccc(NC(=O)c2ccc(N3CCN(C(=O)C4CC4)CC3)cc2)cc1. The van der Waals surface area contributed by atoms with Gasteiger partial charge in [0.1, 0.15) is 0 Å². The van der Waals surface area contributed by atoms with Crippen LogP contribution in [-0.4, -0.2) is 42.9 Å². The van der Waals surface area contributed by atoms with Crippen molar-refractivity contribution in [2.75, 3.05) is 36.4 Å². The smallest absolute Gasteiger partial charge is 0.255 e. The van der Waals surface area contributed by atoms with Gasteiger partial charge in [-0.1, -0.05) is 26.0 Å². The first-order chi connectivity index (χ1) is 14.0. The average Bonchev–Trinajstić information content (AvgIpc) is 3.59. The summed E-state index contributed by atoms with van der Waals surface area (Å²) in [5.41, 5.74) is 3.80. The van der Waals surface area contributed by atoms with Crippen molar-refractivity contribution in [3.05, 3.63) is 59.7 Å². The molecule has 5 heteroatoms. The van der Waals surface area contributed by atoms with Crippen molar-refractivity contribution in [1.29, 1.82) is 0 Å². The van der Waals surface area contributed by atoms with E-state index >= 15 is 0 Å². The maximum atomic E-state index is 12.5. The molecule has 1 aliphatic heterocycles. The lowest BCUT2D eigenvalue weighted by Crippen LogP contribution is -2.49. The van der Waals surface area contributed by atoms with Gasteiger partial charge in [0.25, 0.3) is 5.91 Å². The standard InChI is InChI=1S/C24H29N3O2/c1-17(2)18-5-9-21(10-6-18)25-23(28)19-7-11-22(12-8-19)26-13-15-27(16-14-26)24(29)20-3-4-20/h5-12,17,20H,3-4,13-16H2,1-2H3,(H,25,28). The molecule has 4 rings (SSSR count). The number of anilines is 2. The van der Waals surface area contributed by atoms with Crippen LogP contribution in [0.4, 0.5) is 11.4 Å². The molecular weight excluding hydrogens is 362 g/mol. The summed E-state index contributed by atoms with van der Waals surface area (Å²) in [5, 5.41) is 2.96. The van der Waals surface area contributed by atoms with Gasteiger partial charge in [0.05, 0.1) is 0 Å². The van der Waals surface area contributed by atoms with Crippen LogP contribution in [0.1, 0.15) is 48.5 Å². The first kappa shape index (κ1) is 19.5. The lowest BCUT2D eigenvalue weighted by molar-refractivity contribution is -0.132. The fourth-order valence-corrected chi connectivity index (χ4v) is 3.75. The molecule has 1 N–H and O–H groups in total. The summed E-state index contributed by atoms with van der Waals surface area (Å²) in [6, 6.07) is 15.7. The minimum Gasteiger partial charge on any atom is -0.368 e.